The minimum atomic E-state index is -1.69. The fourth-order valence-corrected chi connectivity index (χ4v) is 10.6. The number of carbonyl (C=O) groups is 11. The van der Waals surface area contributed by atoms with Crippen LogP contribution >= 0.6 is 23.5 Å². The van der Waals surface area contributed by atoms with Crippen molar-refractivity contribution in [3.8, 4) is 18.1 Å². The standard InChI is InChI=1S/C55H67N9O14S2/c1-2-3-14-46(67)58-43-32-80-31-36-12-7-11-35(26-36)30-79-25-23-57-49(72)38(19-21-47(68)69)59-50(73)39(20-22-48(70)71)60-51(74)41(27-33-9-5-4-6-10-33)62-54(77)44-13-8-24-64(44)55(78)42(29-45(56)66)63-52(75)40(61-53(43)76)28-34-15-17-37(65)18-16-34/h1,4-7,9-12,15-18,26,38-44,65H,3,8,13-14,19-25,27-32H2,(H2,56,66)(H,57,72)(H,58,67)(H,59,73)(H,60,74)(H,61,76)(H,62,77)(H,63,75)(H,68,69)(H,70,71)/t38-,39-,40-,41-,42-,43-,44-/m0/s1. The number of fused-ring (bicyclic) bond motifs is 3. The Morgan fingerprint density at radius 1 is 0.662 bits per heavy atom. The Morgan fingerprint density at radius 2 is 1.21 bits per heavy atom. The van der Waals surface area contributed by atoms with Crippen molar-refractivity contribution >= 4 is 88.6 Å². The van der Waals surface area contributed by atoms with Crippen LogP contribution in [-0.4, -0.2) is 152 Å². The molecule has 0 saturated carbocycles. The van der Waals surface area contributed by atoms with Gasteiger partial charge in [0.2, 0.25) is 53.2 Å². The predicted molar refractivity (Wildman–Crippen MR) is 296 cm³/mol. The Labute approximate surface area is 470 Å². The highest BCUT2D eigenvalue weighted by atomic mass is 32.2. The summed E-state index contributed by atoms with van der Waals surface area (Å²) in [6.07, 6.45) is 2.55. The number of carbonyl (C=O) groups excluding carboxylic acids is 9. The number of nitrogens with zero attached hydrogens (tertiary/aromatic N) is 1. The number of hydrogen-bond acceptors (Lipinski definition) is 14. The van der Waals surface area contributed by atoms with Crippen molar-refractivity contribution in [1.29, 1.82) is 0 Å². The van der Waals surface area contributed by atoms with Crippen LogP contribution in [0, 0.1) is 12.3 Å². The van der Waals surface area contributed by atoms with Crippen LogP contribution in [-0.2, 0) is 77.1 Å². The van der Waals surface area contributed by atoms with Crippen molar-refractivity contribution in [2.75, 3.05) is 24.6 Å². The molecule has 2 bridgehead atoms. The first kappa shape index (κ1) is 62.7. The topological polar surface area (TPSA) is 362 Å². The van der Waals surface area contributed by atoms with Crippen molar-refractivity contribution in [2.24, 2.45) is 5.73 Å². The highest BCUT2D eigenvalue weighted by Crippen LogP contribution is 2.22. The molecular weight excluding hydrogens is 1070 g/mol. The average Bonchev–Trinajstić information content (AvgIpc) is 3.92. The monoisotopic (exact) mass is 1140 g/mol. The summed E-state index contributed by atoms with van der Waals surface area (Å²) < 4.78 is 0. The van der Waals surface area contributed by atoms with Gasteiger partial charge in [-0.1, -0.05) is 66.7 Å². The van der Waals surface area contributed by atoms with Crippen LogP contribution in [0.4, 0.5) is 0 Å². The third kappa shape index (κ3) is 20.9. The van der Waals surface area contributed by atoms with Gasteiger partial charge in [0.15, 0.2) is 0 Å². The molecule has 1 fully saturated rings. The largest absolute Gasteiger partial charge is 0.508 e. The van der Waals surface area contributed by atoms with E-state index in [1.807, 2.05) is 24.3 Å². The molecule has 2 aliphatic heterocycles. The molecule has 9 amide bonds. The maximum Gasteiger partial charge on any atom is 0.303 e. The first-order valence-corrected chi connectivity index (χ1v) is 28.2. The van der Waals surface area contributed by atoms with E-state index in [9.17, 15) is 68.1 Å². The highest BCUT2D eigenvalue weighted by Gasteiger charge is 2.41. The second-order valence-corrected chi connectivity index (χ2v) is 21.2. The van der Waals surface area contributed by atoms with Gasteiger partial charge in [0.1, 0.15) is 48.0 Å². The number of phenolic OH excluding ortho intramolecular Hbond substituents is 1. The molecule has 0 spiro atoms. The van der Waals surface area contributed by atoms with Gasteiger partial charge in [0, 0.05) is 74.6 Å². The summed E-state index contributed by atoms with van der Waals surface area (Å²) in [5.41, 5.74) is 8.41. The molecule has 7 atom stereocenters. The van der Waals surface area contributed by atoms with Crippen LogP contribution in [0.15, 0.2) is 78.9 Å². The number of hydrogen-bond donors (Lipinski definition) is 11. The molecule has 3 aromatic carbocycles. The predicted octanol–water partition coefficient (Wildman–Crippen LogP) is 0.392. The van der Waals surface area contributed by atoms with Gasteiger partial charge in [-0.2, -0.15) is 23.5 Å². The quantitative estimate of drug-likeness (QED) is 0.0917. The number of benzene rings is 3. The molecule has 1 saturated heterocycles. The fourth-order valence-electron chi connectivity index (χ4n) is 8.77. The Kier molecular flexibility index (Phi) is 25.2. The molecule has 0 aliphatic carbocycles. The van der Waals surface area contributed by atoms with E-state index in [0.717, 1.165) is 16.0 Å². The number of carboxylic acids is 2. The first-order valence-electron chi connectivity index (χ1n) is 25.9. The second-order valence-electron chi connectivity index (χ2n) is 19.1. The third-order valence-electron chi connectivity index (χ3n) is 12.9. The number of aliphatic carboxylic acids is 2. The molecule has 428 valence electrons. The number of thioether (sulfide) groups is 2. The Morgan fingerprint density at radius 3 is 1.81 bits per heavy atom. The summed E-state index contributed by atoms with van der Waals surface area (Å²) in [7, 11) is 0. The number of amides is 9. The van der Waals surface area contributed by atoms with E-state index < -0.39 is 133 Å². The molecule has 0 aromatic heterocycles. The number of rotatable bonds is 15. The van der Waals surface area contributed by atoms with Crippen LogP contribution < -0.4 is 43.0 Å². The van der Waals surface area contributed by atoms with Crippen molar-refractivity contribution < 1.29 is 68.1 Å². The third-order valence-corrected chi connectivity index (χ3v) is 15.0. The first-order chi connectivity index (χ1) is 38.3. The second kappa shape index (κ2) is 32.1. The highest BCUT2D eigenvalue weighted by molar-refractivity contribution is 7.98. The zero-order valence-corrected chi connectivity index (χ0v) is 45.5. The summed E-state index contributed by atoms with van der Waals surface area (Å²) in [4.78, 5) is 150. The smallest absolute Gasteiger partial charge is 0.303 e. The van der Waals surface area contributed by atoms with E-state index in [4.69, 9.17) is 12.2 Å². The van der Waals surface area contributed by atoms with Crippen molar-refractivity contribution in [2.45, 2.75) is 124 Å². The minimum absolute atomic E-state index is 0.0197. The summed E-state index contributed by atoms with van der Waals surface area (Å²) in [5, 5.41) is 47.5. The van der Waals surface area contributed by atoms with E-state index in [1.165, 1.54) is 47.8 Å². The van der Waals surface area contributed by atoms with Gasteiger partial charge in [-0.3, -0.25) is 52.7 Å². The number of terminal acetylenes is 1. The Balaban J connectivity index is 1.52. The minimum Gasteiger partial charge on any atom is -0.508 e. The number of carboxylic acid groups (broad SMARTS) is 2. The Bertz CT molecular complexity index is 2750. The van der Waals surface area contributed by atoms with Crippen LogP contribution in [0.5, 0.6) is 5.75 Å². The molecule has 0 unspecified atom stereocenters. The summed E-state index contributed by atoms with van der Waals surface area (Å²) in [6.45, 7) is 0.0451. The van der Waals surface area contributed by atoms with Gasteiger partial charge in [0.05, 0.1) is 6.42 Å². The Hall–Kier alpha value is -8.11. The normalized spacial score (nSPS) is 22.5. The lowest BCUT2D eigenvalue weighted by molar-refractivity contribution is -0.143. The molecule has 2 heterocycles. The summed E-state index contributed by atoms with van der Waals surface area (Å²) >= 11 is 2.77. The maximum atomic E-state index is 14.6. The van der Waals surface area contributed by atoms with E-state index in [-0.39, 0.29) is 69.5 Å². The maximum absolute atomic E-state index is 14.6. The van der Waals surface area contributed by atoms with E-state index in [2.05, 4.69) is 43.1 Å². The molecule has 23 nitrogen and oxygen atoms in total. The van der Waals surface area contributed by atoms with Crippen LogP contribution in [0.1, 0.15) is 80.0 Å². The van der Waals surface area contributed by atoms with Crippen molar-refractivity contribution in [3.63, 3.8) is 0 Å². The van der Waals surface area contributed by atoms with Gasteiger partial charge in [-0.05, 0) is 60.1 Å². The molecule has 12 N–H and O–H groups in total. The van der Waals surface area contributed by atoms with Crippen molar-refractivity contribution in [3.05, 3.63) is 101 Å². The van der Waals surface area contributed by atoms with Crippen LogP contribution in [0.3, 0.4) is 0 Å². The lowest BCUT2D eigenvalue weighted by atomic mass is 10.0. The molecule has 5 rings (SSSR count). The van der Waals surface area contributed by atoms with Crippen LogP contribution in [0.25, 0.3) is 0 Å². The van der Waals surface area contributed by atoms with E-state index in [0.29, 0.717) is 28.4 Å². The number of nitrogens with two attached hydrogens (primary N) is 1. The zero-order chi connectivity index (χ0) is 58.1. The van der Waals surface area contributed by atoms with Crippen molar-refractivity contribution in [1.82, 2.24) is 42.1 Å². The average molecular weight is 1140 g/mol. The van der Waals surface area contributed by atoms with Crippen LogP contribution in [0.2, 0.25) is 0 Å². The van der Waals surface area contributed by atoms with Gasteiger partial charge < -0.3 is 63.2 Å². The lowest BCUT2D eigenvalue weighted by Crippen LogP contribution is -2.60. The SMILES string of the molecule is C#CCCC(=O)N[C@H]1CSCc2cccc(c2)CSCCNC(=O)[C@H](CCC(=O)O)NC(=O)[C@H](CCC(=O)O)NC(=O)[C@H](Cc2ccccc2)NC(=O)[C@@H]2CCCN2C(=O)[C@H](CC(N)=O)NC(=O)[C@H](Cc2ccc(O)cc2)NC1=O. The number of nitrogens with one attached hydrogen (secondary N) is 7. The molecule has 0 radical (unpaired) electrons. The summed E-state index contributed by atoms with van der Waals surface area (Å²) in [6, 6.07) is 11.5. The number of phenols is 1. The number of aromatic hydroxyl groups is 1. The zero-order valence-electron chi connectivity index (χ0n) is 43.8. The van der Waals surface area contributed by atoms with E-state index >= 15 is 0 Å². The molecule has 25 heteroatoms. The number of primary amides is 1. The van der Waals surface area contributed by atoms with Gasteiger partial charge in [-0.15, -0.1) is 12.3 Å². The molecular formula is C55H67N9O14S2. The van der Waals surface area contributed by atoms with Gasteiger partial charge in [0.25, 0.3) is 0 Å². The molecule has 3 aromatic rings. The van der Waals surface area contributed by atoms with Gasteiger partial charge >= 0.3 is 11.9 Å². The molecule has 80 heavy (non-hydrogen) atoms. The van der Waals surface area contributed by atoms with E-state index in [1.54, 1.807) is 30.3 Å². The fraction of sp³-hybridized carbons (Fsp3) is 0.436. The lowest BCUT2D eigenvalue weighted by Gasteiger charge is -2.31. The van der Waals surface area contributed by atoms with Gasteiger partial charge in [-0.25, -0.2) is 0 Å². The molecule has 2 aliphatic rings. The summed E-state index contributed by atoms with van der Waals surface area (Å²) in [5.74, 6) is -6.72.